The second-order valence-electron chi connectivity index (χ2n) is 27.5. The molecule has 0 saturated heterocycles. The normalized spacial score (nSPS) is 12.1. The van der Waals surface area contributed by atoms with Crippen LogP contribution in [0.15, 0.2) is 194 Å². The number of carbonyl (C=O) groups is 2. The van der Waals surface area contributed by atoms with Crippen molar-refractivity contribution >= 4 is 59.2 Å². The molecule has 21 heteroatoms. The van der Waals surface area contributed by atoms with Gasteiger partial charge in [0.2, 0.25) is 0 Å². The van der Waals surface area contributed by atoms with Crippen molar-refractivity contribution in [3.05, 3.63) is 239 Å². The van der Waals surface area contributed by atoms with Gasteiger partial charge in [-0.3, -0.25) is 24.5 Å². The van der Waals surface area contributed by atoms with Crippen molar-refractivity contribution in [1.82, 2.24) is 40.3 Å². The minimum atomic E-state index is -4.75. The van der Waals surface area contributed by atoms with Gasteiger partial charge in [-0.1, -0.05) is 167 Å². The van der Waals surface area contributed by atoms with Crippen molar-refractivity contribution in [3.8, 4) is 57.1 Å². The maximum Gasteiger partial charge on any atom is 2.00 e. The zero-order chi connectivity index (χ0) is 70.5. The van der Waals surface area contributed by atoms with E-state index in [1.54, 1.807) is 30.5 Å². The van der Waals surface area contributed by atoms with Crippen molar-refractivity contribution in [1.29, 1.82) is 0 Å². The first-order valence-electron chi connectivity index (χ1n) is 31.4. The molecule has 508 valence electrons. The molecule has 0 fully saturated rings. The second kappa shape index (κ2) is 29.4. The number of aromatic nitrogens is 8. The fraction of sp³-hybridized carbons (Fsp3) is 0.231. The molecule has 0 aliphatic carbocycles. The molecule has 0 spiro atoms. The number of ether oxygens (including phenoxy) is 2. The molecule has 14 nitrogen and oxygen atoms in total. The molecule has 0 unspecified atom stereocenters. The maximum atomic E-state index is 13.4. The summed E-state index contributed by atoms with van der Waals surface area (Å²) in [7, 11) is 0. The van der Waals surface area contributed by atoms with Crippen LogP contribution in [0.5, 0.6) is 11.5 Å². The molecule has 5 aromatic carbocycles. The zero-order valence-electron chi connectivity index (χ0n) is 56.5. The number of hydrogen-bond acceptors (Lipinski definition) is 12. The molecule has 0 N–H and O–H groups in total. The fourth-order valence-electron chi connectivity index (χ4n) is 10.6. The number of hydrogen-bond donors (Lipinski definition) is 0. The minimum absolute atomic E-state index is 0. The minimum Gasteiger partial charge on any atom is -0.573 e. The molecule has 0 bridgehead atoms. The molecular weight excluding hydrogens is 1360 g/mol. The summed E-state index contributed by atoms with van der Waals surface area (Å²) < 4.78 is 90.6. The molecule has 11 rings (SSSR count). The third-order valence-electron chi connectivity index (χ3n) is 16.0. The topological polar surface area (TPSA) is 165 Å². The van der Waals surface area contributed by atoms with E-state index in [0.29, 0.717) is 58.5 Å². The van der Waals surface area contributed by atoms with Crippen LogP contribution < -0.4 is 29.5 Å². The summed E-state index contributed by atoms with van der Waals surface area (Å²) in [5, 5.41) is 13.9. The molecule has 0 amide bonds. The predicted molar refractivity (Wildman–Crippen MR) is 371 cm³/mol. The molecule has 6 aromatic heterocycles. The molecule has 0 atom stereocenters. The third-order valence-corrected chi connectivity index (χ3v) is 16.0. The van der Waals surface area contributed by atoms with Crippen LogP contribution in [-0.2, 0) is 63.1 Å². The van der Waals surface area contributed by atoms with Crippen LogP contribution in [0.25, 0.3) is 57.7 Å². The molecule has 0 aliphatic rings. The standard InChI is InChI=1S/C45H42N4O4.C33H30F6N6.Ru/c1-44(2,3)33-11-17-36(18-12-33)49(37-19-13-34(14-20-37)45(4,5)6)35-15-9-31(10-16-35)7-8-32-21-23-46-40(25-32)42-27-39(53-30-51)28-43(48-42)41-26-38(52-29-50)22-24-47-41;1-30(2,3)19-7-11-21(12-8-19)45(22-13-9-20(10-14-22)31(4,5)6)23-15-24(26-17-28(43-41-26)32(34,35)36)40-25(16-23)27-18-29(44-42-27)33(37,38)39;/h7-30H,1-6H3;7-18H,1-6H3;/q;-2;+2/b8-7+;;. The Kier molecular flexibility index (Phi) is 21.6. The number of rotatable bonds is 16. The van der Waals surface area contributed by atoms with Crippen LogP contribution in [0, 0.1) is 0 Å². The Bertz CT molecular complexity index is 4440. The van der Waals surface area contributed by atoms with E-state index in [1.807, 2.05) is 71.6 Å². The summed E-state index contributed by atoms with van der Waals surface area (Å²) in [4.78, 5) is 44.2. The van der Waals surface area contributed by atoms with Gasteiger partial charge in [0.05, 0.1) is 39.9 Å². The van der Waals surface area contributed by atoms with E-state index in [0.717, 1.165) is 51.4 Å². The summed E-state index contributed by atoms with van der Waals surface area (Å²) in [5.74, 6) is 0.584. The van der Waals surface area contributed by atoms with E-state index in [2.05, 4.69) is 202 Å². The number of halogens is 6. The van der Waals surface area contributed by atoms with Gasteiger partial charge >= 0.3 is 31.8 Å². The Labute approximate surface area is 584 Å². The number of carbonyl (C=O) groups excluding carboxylic acids is 2. The molecule has 6 heterocycles. The predicted octanol–water partition coefficient (Wildman–Crippen LogP) is 19.7. The maximum absolute atomic E-state index is 13.4. The van der Waals surface area contributed by atoms with Gasteiger partial charge in [0.15, 0.2) is 0 Å². The van der Waals surface area contributed by atoms with E-state index in [-0.39, 0.29) is 69.7 Å². The quantitative estimate of drug-likeness (QED) is 0.0510. The first-order valence-corrected chi connectivity index (χ1v) is 31.4. The van der Waals surface area contributed by atoms with E-state index >= 15 is 0 Å². The van der Waals surface area contributed by atoms with Gasteiger partial charge in [0.25, 0.3) is 12.9 Å². The van der Waals surface area contributed by atoms with E-state index in [1.165, 1.54) is 29.5 Å². The second-order valence-corrected chi connectivity index (χ2v) is 27.5. The van der Waals surface area contributed by atoms with Crippen LogP contribution in [0.3, 0.4) is 0 Å². The van der Waals surface area contributed by atoms with Gasteiger partial charge in [-0.2, -0.15) is 26.3 Å². The summed E-state index contributed by atoms with van der Waals surface area (Å²) in [5.41, 5.74) is 10.5. The van der Waals surface area contributed by atoms with E-state index < -0.39 is 23.7 Å². The van der Waals surface area contributed by atoms with Crippen LogP contribution in [-0.4, -0.2) is 43.1 Å². The van der Waals surface area contributed by atoms with Crippen molar-refractivity contribution in [2.24, 2.45) is 0 Å². The Morgan fingerprint density at radius 2 is 0.677 bits per heavy atom. The van der Waals surface area contributed by atoms with Crippen molar-refractivity contribution in [2.75, 3.05) is 9.80 Å². The van der Waals surface area contributed by atoms with Gasteiger partial charge in [-0.05, 0) is 158 Å². The fourth-order valence-corrected chi connectivity index (χ4v) is 10.6. The first-order chi connectivity index (χ1) is 46.2. The molecule has 0 radical (unpaired) electrons. The van der Waals surface area contributed by atoms with Crippen molar-refractivity contribution < 1.29 is 64.9 Å². The number of nitrogens with zero attached hydrogens (tertiary/aromatic N) is 10. The summed E-state index contributed by atoms with van der Waals surface area (Å²) in [6.07, 6.45) is -2.22. The molecule has 99 heavy (non-hydrogen) atoms. The van der Waals surface area contributed by atoms with Gasteiger partial charge < -0.3 is 39.7 Å². The van der Waals surface area contributed by atoms with Crippen molar-refractivity contribution in [3.63, 3.8) is 0 Å². The van der Waals surface area contributed by atoms with Crippen LogP contribution in [0.1, 0.15) is 128 Å². The smallest absolute Gasteiger partial charge is 0.573 e. The largest absolute Gasteiger partial charge is 2.00 e. The molecule has 11 aromatic rings. The number of alkyl halides is 6. The van der Waals surface area contributed by atoms with E-state index in [4.69, 9.17) is 14.5 Å². The summed E-state index contributed by atoms with van der Waals surface area (Å²) in [6, 6.07) is 56.4. The van der Waals surface area contributed by atoms with E-state index in [9.17, 15) is 35.9 Å². The zero-order valence-corrected chi connectivity index (χ0v) is 58.2. The van der Waals surface area contributed by atoms with Gasteiger partial charge in [0, 0.05) is 59.0 Å². The number of anilines is 6. The van der Waals surface area contributed by atoms with Gasteiger partial charge in [-0.15, -0.1) is 0 Å². The van der Waals surface area contributed by atoms with Gasteiger partial charge in [-0.25, -0.2) is 4.98 Å². The monoisotopic (exact) mass is 1430 g/mol. The van der Waals surface area contributed by atoms with Crippen molar-refractivity contribution in [2.45, 2.75) is 117 Å². The Balaban J connectivity index is 0.000000232. The van der Waals surface area contributed by atoms with Crippen LogP contribution in [0.4, 0.5) is 60.5 Å². The SMILES string of the molecule is CC(C)(C)c1ccc(N(c2ccc(/C=C/c3ccnc(-c4cc(OC=O)cc(-c5cc(OC=O)ccn5)n4)c3)cc2)c2ccc(C(C)(C)C)cc2)cc1.CC(C)(C)c1ccc(N(c2ccc(C(C)(C)C)cc2)c2cc(-c3cc(C(F)(F)F)n[n-]3)nc(-c3cc(C(F)(F)F)n[n-]3)c2)cc1.[Ru+2]. The third kappa shape index (κ3) is 18.0. The summed E-state index contributed by atoms with van der Waals surface area (Å²) in [6.45, 7) is 26.6. The number of benzene rings is 5. The Morgan fingerprint density at radius 1 is 0.354 bits per heavy atom. The molecule has 0 aliphatic heterocycles. The van der Waals surface area contributed by atoms with Gasteiger partial charge in [0.1, 0.15) is 22.9 Å². The van der Waals surface area contributed by atoms with Crippen LogP contribution >= 0.6 is 0 Å². The molecule has 0 saturated carbocycles. The van der Waals surface area contributed by atoms with Crippen LogP contribution in [0.2, 0.25) is 0 Å². The Morgan fingerprint density at radius 3 is 1.04 bits per heavy atom. The average Bonchev–Trinajstić information content (AvgIpc) is 1.76. The Hall–Kier alpha value is -10.4. The first kappa shape index (κ1) is 72.9. The average molecular weight is 1430 g/mol. The summed E-state index contributed by atoms with van der Waals surface area (Å²) >= 11 is 0. The molecular formula is C78H72F6N10O4Ru. The number of pyridine rings is 4.